The van der Waals surface area contributed by atoms with Crippen molar-refractivity contribution in [1.82, 2.24) is 5.32 Å². The second kappa shape index (κ2) is 9.80. The zero-order valence-corrected chi connectivity index (χ0v) is 16.8. The molecule has 2 aromatic carbocycles. The third-order valence-electron chi connectivity index (χ3n) is 4.25. The van der Waals surface area contributed by atoms with Gasteiger partial charge in [0.2, 0.25) is 11.7 Å². The second-order valence-electron chi connectivity index (χ2n) is 6.41. The summed E-state index contributed by atoms with van der Waals surface area (Å²) in [6, 6.07) is 20.3. The van der Waals surface area contributed by atoms with Crippen molar-refractivity contribution in [2.24, 2.45) is 0 Å². The molecule has 3 aromatic rings. The van der Waals surface area contributed by atoms with Gasteiger partial charge in [-0.3, -0.25) is 9.59 Å². The molecule has 0 aliphatic carbocycles. The number of nitrogens with one attached hydrogen (secondary N) is 1. The van der Waals surface area contributed by atoms with Crippen LogP contribution in [0.4, 0.5) is 0 Å². The van der Waals surface area contributed by atoms with Crippen LogP contribution in [0.5, 0.6) is 0 Å². The molecule has 0 atom stereocenters. The van der Waals surface area contributed by atoms with E-state index in [4.69, 9.17) is 4.74 Å². The highest BCUT2D eigenvalue weighted by molar-refractivity contribution is 7.14. The number of rotatable bonds is 8. The van der Waals surface area contributed by atoms with Crippen molar-refractivity contribution in [2.45, 2.75) is 13.3 Å². The van der Waals surface area contributed by atoms with Crippen LogP contribution in [0.3, 0.4) is 0 Å². The maximum Gasteiger partial charge on any atom is 0.339 e. The molecule has 1 amide bonds. The summed E-state index contributed by atoms with van der Waals surface area (Å²) < 4.78 is 5.29. The van der Waals surface area contributed by atoms with Gasteiger partial charge in [0.05, 0.1) is 10.4 Å². The standard InChI is InChI=1S/C23H21NO4S/c1-16(25)24-14-13-18-11-12-22(29-18)21(26)15-28-23(27)20-10-6-5-9-19(20)17-7-3-2-4-8-17/h2-12H,13-15H2,1H3,(H,24,25). The summed E-state index contributed by atoms with van der Waals surface area (Å²) in [6.07, 6.45) is 0.655. The summed E-state index contributed by atoms with van der Waals surface area (Å²) in [5.41, 5.74) is 2.10. The van der Waals surface area contributed by atoms with E-state index in [9.17, 15) is 14.4 Å². The van der Waals surface area contributed by atoms with E-state index in [1.54, 1.807) is 18.2 Å². The Morgan fingerprint density at radius 1 is 0.931 bits per heavy atom. The summed E-state index contributed by atoms with van der Waals surface area (Å²) in [6.45, 7) is 1.68. The molecule has 6 heteroatoms. The molecule has 1 aromatic heterocycles. The molecule has 0 saturated heterocycles. The van der Waals surface area contributed by atoms with E-state index in [-0.39, 0.29) is 18.3 Å². The number of benzene rings is 2. The summed E-state index contributed by atoms with van der Waals surface area (Å²) in [4.78, 5) is 37.4. The molecule has 3 rings (SSSR count). The third-order valence-corrected chi connectivity index (χ3v) is 5.43. The van der Waals surface area contributed by atoms with Gasteiger partial charge in [-0.2, -0.15) is 0 Å². The number of hydrogen-bond acceptors (Lipinski definition) is 5. The van der Waals surface area contributed by atoms with E-state index in [1.807, 2.05) is 48.5 Å². The first-order chi connectivity index (χ1) is 14.0. The van der Waals surface area contributed by atoms with E-state index < -0.39 is 5.97 Å². The van der Waals surface area contributed by atoms with Gasteiger partial charge in [0.1, 0.15) is 0 Å². The fourth-order valence-corrected chi connectivity index (χ4v) is 3.77. The summed E-state index contributed by atoms with van der Waals surface area (Å²) >= 11 is 1.35. The minimum Gasteiger partial charge on any atom is -0.454 e. The molecular formula is C23H21NO4S. The lowest BCUT2D eigenvalue weighted by Gasteiger charge is -2.09. The smallest absolute Gasteiger partial charge is 0.339 e. The molecule has 0 spiro atoms. The van der Waals surface area contributed by atoms with Crippen LogP contribution in [-0.2, 0) is 16.0 Å². The molecule has 0 bridgehead atoms. The van der Waals surface area contributed by atoms with Gasteiger partial charge in [-0.1, -0.05) is 48.5 Å². The number of ether oxygens (including phenoxy) is 1. The zero-order chi connectivity index (χ0) is 20.6. The van der Waals surface area contributed by atoms with Crippen LogP contribution in [0.2, 0.25) is 0 Å². The quantitative estimate of drug-likeness (QED) is 0.450. The van der Waals surface area contributed by atoms with Gasteiger partial charge in [-0.15, -0.1) is 11.3 Å². The van der Waals surface area contributed by atoms with Crippen molar-refractivity contribution < 1.29 is 19.1 Å². The van der Waals surface area contributed by atoms with E-state index in [2.05, 4.69) is 5.32 Å². The van der Waals surface area contributed by atoms with Gasteiger partial charge < -0.3 is 10.1 Å². The molecule has 0 unspecified atom stereocenters. The Balaban J connectivity index is 1.61. The first-order valence-electron chi connectivity index (χ1n) is 9.22. The number of Topliss-reactive ketones (excluding diaryl/α,β-unsaturated/α-hetero) is 1. The van der Waals surface area contributed by atoms with Crippen molar-refractivity contribution in [3.8, 4) is 11.1 Å². The van der Waals surface area contributed by atoms with Crippen LogP contribution in [0.25, 0.3) is 11.1 Å². The maximum absolute atomic E-state index is 12.6. The first kappa shape index (κ1) is 20.5. The zero-order valence-electron chi connectivity index (χ0n) is 16.0. The number of thiophene rings is 1. The number of ketones is 1. The SMILES string of the molecule is CC(=O)NCCc1ccc(C(=O)COC(=O)c2ccccc2-c2ccccc2)s1. The van der Waals surface area contributed by atoms with Crippen molar-refractivity contribution >= 4 is 29.0 Å². The Bertz CT molecular complexity index is 1010. The number of carbonyl (C=O) groups excluding carboxylic acids is 3. The molecule has 0 aliphatic heterocycles. The average molecular weight is 407 g/mol. The summed E-state index contributed by atoms with van der Waals surface area (Å²) in [7, 11) is 0. The minimum atomic E-state index is -0.528. The molecule has 0 fully saturated rings. The van der Waals surface area contributed by atoms with Crippen LogP contribution in [0.1, 0.15) is 31.8 Å². The van der Waals surface area contributed by atoms with E-state index in [0.717, 1.165) is 16.0 Å². The second-order valence-corrected chi connectivity index (χ2v) is 7.58. The molecule has 1 N–H and O–H groups in total. The third kappa shape index (κ3) is 5.62. The van der Waals surface area contributed by atoms with E-state index in [1.165, 1.54) is 18.3 Å². The monoisotopic (exact) mass is 407 g/mol. The van der Waals surface area contributed by atoms with Gasteiger partial charge >= 0.3 is 5.97 Å². The van der Waals surface area contributed by atoms with Gasteiger partial charge in [0.25, 0.3) is 0 Å². The average Bonchev–Trinajstić information content (AvgIpc) is 3.21. The van der Waals surface area contributed by atoms with Crippen LogP contribution in [0, 0.1) is 0 Å². The Morgan fingerprint density at radius 2 is 1.66 bits per heavy atom. The largest absolute Gasteiger partial charge is 0.454 e. The van der Waals surface area contributed by atoms with Gasteiger partial charge in [-0.05, 0) is 35.7 Å². The lowest BCUT2D eigenvalue weighted by Crippen LogP contribution is -2.22. The summed E-state index contributed by atoms with van der Waals surface area (Å²) in [5.74, 6) is -0.855. The number of hydrogen-bond donors (Lipinski definition) is 1. The van der Waals surface area contributed by atoms with Crippen LogP contribution >= 0.6 is 11.3 Å². The van der Waals surface area contributed by atoms with Crippen molar-refractivity contribution in [1.29, 1.82) is 0 Å². The lowest BCUT2D eigenvalue weighted by atomic mass is 10.00. The number of amides is 1. The number of carbonyl (C=O) groups is 3. The molecule has 0 radical (unpaired) electrons. The van der Waals surface area contributed by atoms with Gasteiger partial charge in [0, 0.05) is 18.3 Å². The Morgan fingerprint density at radius 3 is 2.41 bits per heavy atom. The highest BCUT2D eigenvalue weighted by Gasteiger charge is 2.17. The molecule has 0 aliphatic rings. The molecule has 1 heterocycles. The first-order valence-corrected chi connectivity index (χ1v) is 10.0. The molecule has 29 heavy (non-hydrogen) atoms. The van der Waals surface area contributed by atoms with Crippen LogP contribution in [0.15, 0.2) is 66.7 Å². The van der Waals surface area contributed by atoms with Crippen molar-refractivity contribution in [3.63, 3.8) is 0 Å². The van der Waals surface area contributed by atoms with Crippen molar-refractivity contribution in [2.75, 3.05) is 13.2 Å². The molecule has 0 saturated carbocycles. The van der Waals surface area contributed by atoms with Gasteiger partial charge in [0.15, 0.2) is 6.61 Å². The Labute approximate surface area is 173 Å². The topological polar surface area (TPSA) is 72.5 Å². The van der Waals surface area contributed by atoms with Crippen LogP contribution < -0.4 is 5.32 Å². The Hall–Kier alpha value is -3.25. The fourth-order valence-electron chi connectivity index (χ4n) is 2.83. The fraction of sp³-hybridized carbons (Fsp3) is 0.174. The van der Waals surface area contributed by atoms with Crippen molar-refractivity contribution in [3.05, 3.63) is 82.0 Å². The highest BCUT2D eigenvalue weighted by Crippen LogP contribution is 2.24. The predicted molar refractivity (Wildman–Crippen MR) is 113 cm³/mol. The number of esters is 1. The maximum atomic E-state index is 12.6. The van der Waals surface area contributed by atoms with Gasteiger partial charge in [-0.25, -0.2) is 4.79 Å². The van der Waals surface area contributed by atoms with Crippen LogP contribution in [-0.4, -0.2) is 30.8 Å². The minimum absolute atomic E-state index is 0.0828. The summed E-state index contributed by atoms with van der Waals surface area (Å²) in [5, 5.41) is 2.72. The predicted octanol–water partition coefficient (Wildman–Crippen LogP) is 4.13. The highest BCUT2D eigenvalue weighted by atomic mass is 32.1. The Kier molecular flexibility index (Phi) is 6.92. The lowest BCUT2D eigenvalue weighted by molar-refractivity contribution is -0.118. The molecular weight excluding hydrogens is 386 g/mol. The normalized spacial score (nSPS) is 10.4. The molecule has 148 valence electrons. The van der Waals surface area contributed by atoms with E-state index >= 15 is 0 Å². The van der Waals surface area contributed by atoms with E-state index in [0.29, 0.717) is 23.4 Å². The molecule has 5 nitrogen and oxygen atoms in total.